The Kier molecular flexibility index (Phi) is 3.61. The van der Waals surface area contributed by atoms with Gasteiger partial charge in [-0.05, 0) is 12.8 Å². The Balaban J connectivity index is 1.96. The molecule has 4 nitrogen and oxygen atoms in total. The molecule has 0 spiro atoms. The van der Waals surface area contributed by atoms with Crippen LogP contribution in [0.3, 0.4) is 0 Å². The van der Waals surface area contributed by atoms with Crippen LogP contribution in [-0.2, 0) is 0 Å². The smallest absolute Gasteiger partial charge is 0.0938 e. The fraction of sp³-hybridized carbons (Fsp3) is 1.00. The average molecular weight is 215 g/mol. The predicted octanol–water partition coefficient (Wildman–Crippen LogP) is -0.283. The summed E-state index contributed by atoms with van der Waals surface area (Å²) in [5.74, 6) is 0. The predicted molar refractivity (Wildman–Crippen MR) is 56.5 cm³/mol. The number of hydrogen-bond donors (Lipinski definition) is 3. The molecule has 1 aliphatic carbocycles. The van der Waals surface area contributed by atoms with Gasteiger partial charge in [-0.2, -0.15) is 0 Å². The molecule has 15 heavy (non-hydrogen) atoms. The number of aliphatic hydroxyl groups excluding tert-OH is 3. The Morgan fingerprint density at radius 2 is 1.33 bits per heavy atom. The summed E-state index contributed by atoms with van der Waals surface area (Å²) in [4.78, 5) is 2.05. The highest BCUT2D eigenvalue weighted by molar-refractivity contribution is 4.91. The van der Waals surface area contributed by atoms with E-state index >= 15 is 0 Å². The zero-order chi connectivity index (χ0) is 10.8. The van der Waals surface area contributed by atoms with Crippen molar-refractivity contribution in [3.63, 3.8) is 0 Å². The third-order valence-electron chi connectivity index (χ3n) is 3.70. The van der Waals surface area contributed by atoms with Gasteiger partial charge < -0.3 is 15.3 Å². The van der Waals surface area contributed by atoms with Crippen molar-refractivity contribution < 1.29 is 15.3 Å². The molecular formula is C11H21NO3. The minimum absolute atomic E-state index is 0.138. The Morgan fingerprint density at radius 3 is 2.00 bits per heavy atom. The molecule has 0 amide bonds. The molecule has 0 aromatic carbocycles. The number of rotatable bonds is 1. The zero-order valence-corrected chi connectivity index (χ0v) is 9.05. The summed E-state index contributed by atoms with van der Waals surface area (Å²) >= 11 is 0. The first kappa shape index (κ1) is 11.3. The van der Waals surface area contributed by atoms with E-state index < -0.39 is 12.2 Å². The van der Waals surface area contributed by atoms with E-state index in [1.165, 1.54) is 6.42 Å². The molecule has 2 aliphatic rings. The van der Waals surface area contributed by atoms with Crippen LogP contribution in [0, 0.1) is 0 Å². The minimum Gasteiger partial charge on any atom is -0.391 e. The van der Waals surface area contributed by atoms with Gasteiger partial charge in [-0.25, -0.2) is 0 Å². The van der Waals surface area contributed by atoms with Crippen molar-refractivity contribution in [2.45, 2.75) is 56.5 Å². The molecular weight excluding hydrogens is 194 g/mol. The monoisotopic (exact) mass is 215 g/mol. The maximum Gasteiger partial charge on any atom is 0.0938 e. The molecule has 1 heterocycles. The first-order chi connectivity index (χ1) is 7.18. The fourth-order valence-corrected chi connectivity index (χ4v) is 2.76. The summed E-state index contributed by atoms with van der Waals surface area (Å²) in [6.07, 6.45) is 3.70. The normalized spacial score (nSPS) is 44.2. The largest absolute Gasteiger partial charge is 0.391 e. The standard InChI is InChI=1S/C11H21NO3/c13-9-5-3-1-2-4-8(9)12-6-10(14)11(15)7-12/h8-11,13-15H,1-7H2/t8?,9?,10-,11+. The molecule has 0 radical (unpaired) electrons. The number of likely N-dealkylation sites (tertiary alicyclic amines) is 1. The molecule has 0 bridgehead atoms. The van der Waals surface area contributed by atoms with E-state index in [0.717, 1.165) is 25.7 Å². The van der Waals surface area contributed by atoms with Crippen molar-refractivity contribution >= 4 is 0 Å². The molecule has 4 heteroatoms. The maximum absolute atomic E-state index is 9.98. The van der Waals surface area contributed by atoms with Crippen LogP contribution in [0.25, 0.3) is 0 Å². The zero-order valence-electron chi connectivity index (χ0n) is 9.05. The van der Waals surface area contributed by atoms with Crippen molar-refractivity contribution in [3.05, 3.63) is 0 Å². The van der Waals surface area contributed by atoms with Crippen molar-refractivity contribution in [2.75, 3.05) is 13.1 Å². The van der Waals surface area contributed by atoms with E-state index in [-0.39, 0.29) is 12.1 Å². The molecule has 2 unspecified atom stereocenters. The van der Waals surface area contributed by atoms with Crippen molar-refractivity contribution in [1.29, 1.82) is 0 Å². The summed E-state index contributed by atoms with van der Waals surface area (Å²) in [5.41, 5.74) is 0. The van der Waals surface area contributed by atoms with E-state index in [9.17, 15) is 15.3 Å². The van der Waals surface area contributed by atoms with Gasteiger partial charge in [-0.3, -0.25) is 4.90 Å². The van der Waals surface area contributed by atoms with Crippen molar-refractivity contribution in [2.24, 2.45) is 0 Å². The second-order valence-corrected chi connectivity index (χ2v) is 4.86. The van der Waals surface area contributed by atoms with Gasteiger partial charge in [-0.15, -0.1) is 0 Å². The van der Waals surface area contributed by atoms with E-state index in [0.29, 0.717) is 13.1 Å². The first-order valence-corrected chi connectivity index (χ1v) is 5.96. The molecule has 1 saturated carbocycles. The molecule has 0 aromatic heterocycles. The maximum atomic E-state index is 9.98. The van der Waals surface area contributed by atoms with E-state index in [4.69, 9.17) is 0 Å². The first-order valence-electron chi connectivity index (χ1n) is 5.96. The summed E-state index contributed by atoms with van der Waals surface area (Å²) < 4.78 is 0. The van der Waals surface area contributed by atoms with Gasteiger partial charge in [0, 0.05) is 19.1 Å². The Morgan fingerprint density at radius 1 is 0.733 bits per heavy atom. The van der Waals surface area contributed by atoms with Crippen LogP contribution >= 0.6 is 0 Å². The van der Waals surface area contributed by atoms with Gasteiger partial charge >= 0.3 is 0 Å². The SMILES string of the molecule is OC1CCCCCC1N1C[C@@H](O)[C@@H](O)C1. The lowest BCUT2D eigenvalue weighted by Gasteiger charge is -2.30. The second kappa shape index (κ2) is 4.78. The Hall–Kier alpha value is -0.160. The summed E-state index contributed by atoms with van der Waals surface area (Å²) in [7, 11) is 0. The summed E-state index contributed by atoms with van der Waals surface area (Å²) in [6.45, 7) is 1.01. The molecule has 88 valence electrons. The van der Waals surface area contributed by atoms with Crippen LogP contribution in [0.2, 0.25) is 0 Å². The Labute approximate surface area is 90.5 Å². The van der Waals surface area contributed by atoms with Gasteiger partial charge in [0.15, 0.2) is 0 Å². The van der Waals surface area contributed by atoms with E-state index in [1.54, 1.807) is 0 Å². The minimum atomic E-state index is -0.638. The van der Waals surface area contributed by atoms with Gasteiger partial charge in [0.1, 0.15) is 0 Å². The molecule has 4 atom stereocenters. The highest BCUT2D eigenvalue weighted by Crippen LogP contribution is 2.25. The van der Waals surface area contributed by atoms with Crippen LogP contribution in [0.4, 0.5) is 0 Å². The molecule has 1 aliphatic heterocycles. The third-order valence-corrected chi connectivity index (χ3v) is 3.70. The third kappa shape index (κ3) is 2.50. The quantitative estimate of drug-likeness (QED) is 0.526. The molecule has 0 aromatic rings. The van der Waals surface area contributed by atoms with Crippen LogP contribution in [0.5, 0.6) is 0 Å². The highest BCUT2D eigenvalue weighted by Gasteiger charge is 2.36. The average Bonchev–Trinajstić information content (AvgIpc) is 2.41. The van der Waals surface area contributed by atoms with Crippen molar-refractivity contribution in [1.82, 2.24) is 4.90 Å². The van der Waals surface area contributed by atoms with Gasteiger partial charge in [-0.1, -0.05) is 19.3 Å². The number of aliphatic hydroxyl groups is 3. The topological polar surface area (TPSA) is 63.9 Å². The molecule has 2 rings (SSSR count). The summed E-state index contributed by atoms with van der Waals surface area (Å²) in [6, 6.07) is 0.138. The highest BCUT2D eigenvalue weighted by atomic mass is 16.3. The van der Waals surface area contributed by atoms with Crippen molar-refractivity contribution in [3.8, 4) is 0 Å². The van der Waals surface area contributed by atoms with Gasteiger partial charge in [0.05, 0.1) is 18.3 Å². The molecule has 2 fully saturated rings. The fourth-order valence-electron chi connectivity index (χ4n) is 2.76. The van der Waals surface area contributed by atoms with Crippen LogP contribution < -0.4 is 0 Å². The number of hydrogen-bond acceptors (Lipinski definition) is 4. The lowest BCUT2D eigenvalue weighted by atomic mass is 10.0. The summed E-state index contributed by atoms with van der Waals surface area (Å²) in [5, 5.41) is 28.9. The Bertz CT molecular complexity index is 202. The number of β-amino-alcohol motifs (C(OH)–C–C–N with tert-alkyl or cyclic N) is 2. The lowest BCUT2D eigenvalue weighted by molar-refractivity contribution is 0.0490. The van der Waals surface area contributed by atoms with Gasteiger partial charge in [0.25, 0.3) is 0 Å². The van der Waals surface area contributed by atoms with Crippen LogP contribution in [0.15, 0.2) is 0 Å². The molecule has 3 N–H and O–H groups in total. The van der Waals surface area contributed by atoms with E-state index in [2.05, 4.69) is 0 Å². The number of nitrogens with zero attached hydrogens (tertiary/aromatic N) is 1. The van der Waals surface area contributed by atoms with E-state index in [1.807, 2.05) is 4.90 Å². The van der Waals surface area contributed by atoms with Crippen LogP contribution in [0.1, 0.15) is 32.1 Å². The molecule has 1 saturated heterocycles. The van der Waals surface area contributed by atoms with Gasteiger partial charge in [0.2, 0.25) is 0 Å². The lowest BCUT2D eigenvalue weighted by Crippen LogP contribution is -2.42. The second-order valence-electron chi connectivity index (χ2n) is 4.86. The van der Waals surface area contributed by atoms with Crippen LogP contribution in [-0.4, -0.2) is 57.7 Å².